The van der Waals surface area contributed by atoms with Crippen molar-refractivity contribution in [1.82, 2.24) is 5.32 Å². The largest absolute Gasteiger partial charge is 0.488 e. The molecule has 6 heteroatoms. The standard InChI is InChI=1S/C28H24N2O4/c31-27(30-28(32)29-23-15-8-3-9-16-23)26-24(33-19-21-11-4-1-5-12-21)17-10-18-25(26)34-20-22-13-6-2-7-14-22/h1-18H,19-20H2,(H2,29,30,31,32). The molecule has 0 unspecified atom stereocenters. The molecule has 0 aliphatic heterocycles. The fourth-order valence-electron chi connectivity index (χ4n) is 3.30. The normalized spacial score (nSPS) is 10.2. The van der Waals surface area contributed by atoms with Crippen molar-refractivity contribution in [3.63, 3.8) is 0 Å². The highest BCUT2D eigenvalue weighted by Gasteiger charge is 2.21. The van der Waals surface area contributed by atoms with Crippen LogP contribution in [0.4, 0.5) is 10.5 Å². The zero-order chi connectivity index (χ0) is 23.6. The molecule has 4 rings (SSSR count). The first-order valence-corrected chi connectivity index (χ1v) is 10.8. The molecule has 0 saturated heterocycles. The van der Waals surface area contributed by atoms with Gasteiger partial charge in [-0.15, -0.1) is 0 Å². The maximum atomic E-state index is 13.2. The Labute approximate surface area is 198 Å². The second kappa shape index (κ2) is 11.3. The zero-order valence-electron chi connectivity index (χ0n) is 18.4. The van der Waals surface area contributed by atoms with Gasteiger partial charge < -0.3 is 14.8 Å². The molecule has 4 aromatic rings. The molecule has 0 aromatic heterocycles. The van der Waals surface area contributed by atoms with Gasteiger partial charge in [0.2, 0.25) is 0 Å². The second-order valence-electron chi connectivity index (χ2n) is 7.45. The summed E-state index contributed by atoms with van der Waals surface area (Å²) in [5.41, 5.74) is 2.62. The Hall–Kier alpha value is -4.58. The van der Waals surface area contributed by atoms with Gasteiger partial charge in [0.25, 0.3) is 5.91 Å². The third kappa shape index (κ3) is 6.23. The molecule has 2 N–H and O–H groups in total. The lowest BCUT2D eigenvalue weighted by atomic mass is 10.1. The number of imide groups is 1. The molecule has 0 saturated carbocycles. The maximum absolute atomic E-state index is 13.2. The van der Waals surface area contributed by atoms with Gasteiger partial charge in [-0.1, -0.05) is 84.9 Å². The summed E-state index contributed by atoms with van der Waals surface area (Å²) in [6, 6.07) is 32.6. The Morgan fingerprint density at radius 3 is 1.56 bits per heavy atom. The van der Waals surface area contributed by atoms with E-state index in [9.17, 15) is 9.59 Å². The van der Waals surface area contributed by atoms with Gasteiger partial charge in [-0.25, -0.2) is 4.79 Å². The smallest absolute Gasteiger partial charge is 0.326 e. The van der Waals surface area contributed by atoms with E-state index in [4.69, 9.17) is 9.47 Å². The molecule has 0 radical (unpaired) electrons. The van der Waals surface area contributed by atoms with Crippen molar-refractivity contribution in [2.45, 2.75) is 13.2 Å². The number of carbonyl (C=O) groups is 2. The number of nitrogens with one attached hydrogen (secondary N) is 2. The van der Waals surface area contributed by atoms with Crippen LogP contribution < -0.4 is 20.1 Å². The lowest BCUT2D eigenvalue weighted by Crippen LogP contribution is -2.34. The van der Waals surface area contributed by atoms with Crippen LogP contribution in [0.15, 0.2) is 109 Å². The van der Waals surface area contributed by atoms with Crippen LogP contribution in [-0.4, -0.2) is 11.9 Å². The highest BCUT2D eigenvalue weighted by Crippen LogP contribution is 2.30. The van der Waals surface area contributed by atoms with Gasteiger partial charge >= 0.3 is 6.03 Å². The van der Waals surface area contributed by atoms with Crippen LogP contribution in [0.2, 0.25) is 0 Å². The molecule has 170 valence electrons. The van der Waals surface area contributed by atoms with E-state index in [1.807, 2.05) is 66.7 Å². The summed E-state index contributed by atoms with van der Waals surface area (Å²) < 4.78 is 11.9. The zero-order valence-corrected chi connectivity index (χ0v) is 18.4. The fraction of sp³-hybridized carbons (Fsp3) is 0.0714. The Balaban J connectivity index is 1.55. The molecule has 34 heavy (non-hydrogen) atoms. The summed E-state index contributed by atoms with van der Waals surface area (Å²) >= 11 is 0. The highest BCUT2D eigenvalue weighted by molar-refractivity contribution is 6.10. The number of rotatable bonds is 8. The van der Waals surface area contributed by atoms with Crippen molar-refractivity contribution in [1.29, 1.82) is 0 Å². The molecule has 0 atom stereocenters. The summed E-state index contributed by atoms with van der Waals surface area (Å²) in [6.45, 7) is 0.527. The van der Waals surface area contributed by atoms with Gasteiger partial charge in [0.1, 0.15) is 30.3 Å². The number of hydrogen-bond acceptors (Lipinski definition) is 4. The lowest BCUT2D eigenvalue weighted by molar-refractivity contribution is 0.0957. The van der Waals surface area contributed by atoms with Crippen molar-refractivity contribution in [3.05, 3.63) is 126 Å². The molecule has 6 nitrogen and oxygen atoms in total. The number of ether oxygens (including phenoxy) is 2. The van der Waals surface area contributed by atoms with E-state index in [0.29, 0.717) is 17.2 Å². The predicted molar refractivity (Wildman–Crippen MR) is 131 cm³/mol. The molecule has 3 amide bonds. The van der Waals surface area contributed by atoms with Crippen molar-refractivity contribution < 1.29 is 19.1 Å². The summed E-state index contributed by atoms with van der Waals surface area (Å²) in [6.07, 6.45) is 0. The third-order valence-corrected chi connectivity index (χ3v) is 4.95. The van der Waals surface area contributed by atoms with Gasteiger partial charge in [0.05, 0.1) is 0 Å². The number of urea groups is 1. The molecule has 0 bridgehead atoms. The van der Waals surface area contributed by atoms with Crippen molar-refractivity contribution >= 4 is 17.6 Å². The summed E-state index contributed by atoms with van der Waals surface area (Å²) in [4.78, 5) is 25.6. The Morgan fingerprint density at radius 2 is 1.06 bits per heavy atom. The number of para-hydroxylation sites is 1. The number of amides is 3. The van der Waals surface area contributed by atoms with Gasteiger partial charge in [-0.3, -0.25) is 10.1 Å². The molecular weight excluding hydrogens is 428 g/mol. The number of hydrogen-bond donors (Lipinski definition) is 2. The predicted octanol–water partition coefficient (Wildman–Crippen LogP) is 5.81. The Bertz CT molecular complexity index is 1170. The quantitative estimate of drug-likeness (QED) is 0.354. The van der Waals surface area contributed by atoms with Crippen molar-refractivity contribution in [3.8, 4) is 11.5 Å². The van der Waals surface area contributed by atoms with Gasteiger partial charge in [0.15, 0.2) is 0 Å². The summed E-state index contributed by atoms with van der Waals surface area (Å²) in [5.74, 6) is 0.0130. The SMILES string of the molecule is O=C(NC(=O)c1c(OCc2ccccc2)cccc1OCc1ccccc1)Nc1ccccc1. The number of anilines is 1. The topological polar surface area (TPSA) is 76.7 Å². The van der Waals surface area contributed by atoms with Crippen molar-refractivity contribution in [2.24, 2.45) is 0 Å². The molecular formula is C28H24N2O4. The summed E-state index contributed by atoms with van der Waals surface area (Å²) in [7, 11) is 0. The van der Waals surface area contributed by atoms with Crippen LogP contribution in [-0.2, 0) is 13.2 Å². The molecule has 0 spiro atoms. The van der Waals surface area contributed by atoms with Gasteiger partial charge in [0, 0.05) is 5.69 Å². The Kier molecular flexibility index (Phi) is 7.54. The van der Waals surface area contributed by atoms with Crippen LogP contribution in [0, 0.1) is 0 Å². The van der Waals surface area contributed by atoms with Crippen LogP contribution in [0.3, 0.4) is 0 Å². The minimum atomic E-state index is -0.650. The molecule has 4 aromatic carbocycles. The monoisotopic (exact) mass is 452 g/mol. The second-order valence-corrected chi connectivity index (χ2v) is 7.45. The summed E-state index contributed by atoms with van der Waals surface area (Å²) in [5, 5.41) is 5.02. The fourth-order valence-corrected chi connectivity index (χ4v) is 3.30. The van der Waals surface area contributed by atoms with Crippen LogP contribution in [0.1, 0.15) is 21.5 Å². The van der Waals surface area contributed by atoms with Gasteiger partial charge in [-0.2, -0.15) is 0 Å². The van der Waals surface area contributed by atoms with Crippen LogP contribution >= 0.6 is 0 Å². The van der Waals surface area contributed by atoms with E-state index in [1.165, 1.54) is 0 Å². The molecule has 0 fully saturated rings. The molecule has 0 heterocycles. The van der Waals surface area contributed by atoms with E-state index >= 15 is 0 Å². The number of carbonyl (C=O) groups excluding carboxylic acids is 2. The molecule has 0 aliphatic rings. The van der Waals surface area contributed by atoms with E-state index in [2.05, 4.69) is 10.6 Å². The minimum Gasteiger partial charge on any atom is -0.488 e. The van der Waals surface area contributed by atoms with E-state index in [1.54, 1.807) is 42.5 Å². The first-order chi connectivity index (χ1) is 16.7. The minimum absolute atomic E-state index is 0.151. The lowest BCUT2D eigenvalue weighted by Gasteiger charge is -2.16. The van der Waals surface area contributed by atoms with E-state index in [0.717, 1.165) is 11.1 Å². The number of benzene rings is 4. The highest BCUT2D eigenvalue weighted by atomic mass is 16.5. The van der Waals surface area contributed by atoms with Gasteiger partial charge in [-0.05, 0) is 35.4 Å². The van der Waals surface area contributed by atoms with Crippen LogP contribution in [0.25, 0.3) is 0 Å². The maximum Gasteiger partial charge on any atom is 0.326 e. The average molecular weight is 453 g/mol. The first kappa shape index (κ1) is 22.6. The Morgan fingerprint density at radius 1 is 0.588 bits per heavy atom. The van der Waals surface area contributed by atoms with Crippen LogP contribution in [0.5, 0.6) is 11.5 Å². The first-order valence-electron chi connectivity index (χ1n) is 10.8. The van der Waals surface area contributed by atoms with E-state index in [-0.39, 0.29) is 18.8 Å². The average Bonchev–Trinajstić information content (AvgIpc) is 2.88. The molecule has 0 aliphatic carbocycles. The van der Waals surface area contributed by atoms with E-state index < -0.39 is 11.9 Å². The third-order valence-electron chi connectivity index (χ3n) is 4.95. The van der Waals surface area contributed by atoms with Crippen molar-refractivity contribution in [2.75, 3.05) is 5.32 Å².